The Balaban J connectivity index is 2.41. The Labute approximate surface area is 116 Å². The summed E-state index contributed by atoms with van der Waals surface area (Å²) in [5.74, 6) is 7.46. The summed E-state index contributed by atoms with van der Waals surface area (Å²) in [6.45, 7) is 1.81. The van der Waals surface area contributed by atoms with Crippen LogP contribution in [0.2, 0.25) is 0 Å². The summed E-state index contributed by atoms with van der Waals surface area (Å²) in [6, 6.07) is 7.04. The quantitative estimate of drug-likeness (QED) is 0.636. The van der Waals surface area contributed by atoms with Crippen molar-refractivity contribution < 1.29 is 14.2 Å². The van der Waals surface area contributed by atoms with Crippen molar-refractivity contribution in [2.45, 2.75) is 6.92 Å². The molecule has 0 aliphatic carbocycles. The third-order valence-electron chi connectivity index (χ3n) is 2.55. The van der Waals surface area contributed by atoms with E-state index in [2.05, 4.69) is 15.4 Å². The van der Waals surface area contributed by atoms with Gasteiger partial charge in [0, 0.05) is 11.8 Å². The minimum Gasteiger partial charge on any atom is -0.493 e. The molecule has 0 saturated heterocycles. The Kier molecular flexibility index (Phi) is 4.21. The molecule has 1 aromatic heterocycles. The minimum atomic E-state index is 0.272. The Morgan fingerprint density at radius 1 is 1.10 bits per heavy atom. The fourth-order valence-corrected chi connectivity index (χ4v) is 1.68. The summed E-state index contributed by atoms with van der Waals surface area (Å²) in [7, 11) is 3.11. The number of nitrogens with two attached hydrogens (primary N) is 1. The van der Waals surface area contributed by atoms with Crippen LogP contribution >= 0.6 is 0 Å². The SMILES string of the molecule is COc1cccc(OC)c1Oc1cc(C)nc(NN)n1. The molecule has 1 aromatic carbocycles. The molecule has 0 aliphatic heterocycles. The van der Waals surface area contributed by atoms with Gasteiger partial charge in [-0.05, 0) is 19.1 Å². The second kappa shape index (κ2) is 6.07. The van der Waals surface area contributed by atoms with E-state index in [-0.39, 0.29) is 5.95 Å². The van der Waals surface area contributed by atoms with Gasteiger partial charge < -0.3 is 14.2 Å². The lowest BCUT2D eigenvalue weighted by Crippen LogP contribution is -2.11. The number of hydrogen-bond donors (Lipinski definition) is 2. The zero-order chi connectivity index (χ0) is 14.5. The molecular weight excluding hydrogens is 260 g/mol. The highest BCUT2D eigenvalue weighted by atomic mass is 16.5. The fourth-order valence-electron chi connectivity index (χ4n) is 1.68. The van der Waals surface area contributed by atoms with Crippen molar-refractivity contribution in [3.8, 4) is 23.1 Å². The van der Waals surface area contributed by atoms with Gasteiger partial charge in [-0.3, -0.25) is 5.43 Å². The van der Waals surface area contributed by atoms with Crippen LogP contribution in [0.15, 0.2) is 24.3 Å². The lowest BCUT2D eigenvalue weighted by molar-refractivity contribution is 0.342. The van der Waals surface area contributed by atoms with Crippen molar-refractivity contribution in [2.24, 2.45) is 5.84 Å². The maximum atomic E-state index is 5.75. The zero-order valence-corrected chi connectivity index (χ0v) is 11.5. The highest BCUT2D eigenvalue weighted by Crippen LogP contribution is 2.39. The van der Waals surface area contributed by atoms with E-state index >= 15 is 0 Å². The van der Waals surface area contributed by atoms with Gasteiger partial charge in [-0.2, -0.15) is 4.98 Å². The molecule has 0 unspecified atom stereocenters. The van der Waals surface area contributed by atoms with Crippen LogP contribution < -0.4 is 25.5 Å². The van der Waals surface area contributed by atoms with Crippen LogP contribution in [-0.2, 0) is 0 Å². The smallest absolute Gasteiger partial charge is 0.240 e. The predicted molar refractivity (Wildman–Crippen MR) is 74.2 cm³/mol. The first-order valence-electron chi connectivity index (χ1n) is 5.89. The summed E-state index contributed by atoms with van der Waals surface area (Å²) in [6.07, 6.45) is 0. The topological polar surface area (TPSA) is 91.5 Å². The summed E-state index contributed by atoms with van der Waals surface area (Å²) >= 11 is 0. The van der Waals surface area contributed by atoms with Gasteiger partial charge in [0.05, 0.1) is 14.2 Å². The van der Waals surface area contributed by atoms with Crippen molar-refractivity contribution in [1.82, 2.24) is 9.97 Å². The van der Waals surface area contributed by atoms with E-state index in [0.717, 1.165) is 5.69 Å². The monoisotopic (exact) mass is 276 g/mol. The van der Waals surface area contributed by atoms with Gasteiger partial charge in [0.2, 0.25) is 17.6 Å². The molecule has 3 N–H and O–H groups in total. The third-order valence-corrected chi connectivity index (χ3v) is 2.55. The van der Waals surface area contributed by atoms with Crippen LogP contribution in [0.1, 0.15) is 5.69 Å². The molecule has 0 bridgehead atoms. The molecule has 0 fully saturated rings. The minimum absolute atomic E-state index is 0.272. The molecular formula is C13H16N4O3. The standard InChI is InChI=1S/C13H16N4O3/c1-8-7-11(16-13(15-8)17-14)20-12-9(18-2)5-4-6-10(12)19-3/h4-7H,14H2,1-3H3,(H,15,16,17). The molecule has 7 nitrogen and oxygen atoms in total. The largest absolute Gasteiger partial charge is 0.493 e. The van der Waals surface area contributed by atoms with Crippen molar-refractivity contribution in [3.05, 3.63) is 30.0 Å². The maximum absolute atomic E-state index is 5.75. The molecule has 2 aromatic rings. The van der Waals surface area contributed by atoms with E-state index in [9.17, 15) is 0 Å². The van der Waals surface area contributed by atoms with Crippen LogP contribution in [0.3, 0.4) is 0 Å². The second-order valence-electron chi connectivity index (χ2n) is 3.91. The van der Waals surface area contributed by atoms with E-state index in [1.54, 1.807) is 32.4 Å². The highest BCUT2D eigenvalue weighted by Gasteiger charge is 2.14. The van der Waals surface area contributed by atoms with Crippen LogP contribution in [-0.4, -0.2) is 24.2 Å². The molecule has 0 spiro atoms. The third kappa shape index (κ3) is 2.89. The number of benzene rings is 1. The van der Waals surface area contributed by atoms with E-state index in [1.807, 2.05) is 13.0 Å². The zero-order valence-electron chi connectivity index (χ0n) is 11.5. The number of rotatable bonds is 5. The molecule has 20 heavy (non-hydrogen) atoms. The van der Waals surface area contributed by atoms with Gasteiger partial charge >= 0.3 is 0 Å². The first kappa shape index (κ1) is 13.9. The fraction of sp³-hybridized carbons (Fsp3) is 0.231. The molecule has 0 amide bonds. The number of nitrogens with zero attached hydrogens (tertiary/aromatic N) is 2. The number of hydrogen-bond acceptors (Lipinski definition) is 7. The molecule has 1 heterocycles. The molecule has 106 valence electrons. The van der Waals surface area contributed by atoms with E-state index < -0.39 is 0 Å². The summed E-state index contributed by atoms with van der Waals surface area (Å²) in [4.78, 5) is 8.21. The Bertz CT molecular complexity index is 582. The Morgan fingerprint density at radius 3 is 2.30 bits per heavy atom. The number of ether oxygens (including phenoxy) is 3. The number of nitrogen functional groups attached to an aromatic ring is 1. The number of hydrazine groups is 1. The lowest BCUT2D eigenvalue weighted by Gasteiger charge is -2.13. The van der Waals surface area contributed by atoms with Gasteiger partial charge in [-0.25, -0.2) is 10.8 Å². The van der Waals surface area contributed by atoms with Crippen molar-refractivity contribution in [2.75, 3.05) is 19.6 Å². The number of aryl methyl sites for hydroxylation is 1. The van der Waals surface area contributed by atoms with Crippen molar-refractivity contribution >= 4 is 5.95 Å². The number of nitrogens with one attached hydrogen (secondary N) is 1. The van der Waals surface area contributed by atoms with Gasteiger partial charge in [0.15, 0.2) is 11.5 Å². The number of aromatic nitrogens is 2. The van der Waals surface area contributed by atoms with Crippen LogP contribution in [0.5, 0.6) is 23.1 Å². The summed E-state index contributed by atoms with van der Waals surface area (Å²) < 4.78 is 16.3. The average molecular weight is 276 g/mol. The molecule has 0 saturated carbocycles. The number of methoxy groups -OCH3 is 2. The first-order chi connectivity index (χ1) is 9.67. The van der Waals surface area contributed by atoms with Gasteiger partial charge in [0.25, 0.3) is 0 Å². The Morgan fingerprint density at radius 2 is 1.75 bits per heavy atom. The van der Waals surface area contributed by atoms with E-state index in [0.29, 0.717) is 23.1 Å². The Hall–Kier alpha value is -2.54. The number of anilines is 1. The van der Waals surface area contributed by atoms with Crippen LogP contribution in [0.4, 0.5) is 5.95 Å². The van der Waals surface area contributed by atoms with Crippen molar-refractivity contribution in [1.29, 1.82) is 0 Å². The molecule has 0 aliphatic rings. The maximum Gasteiger partial charge on any atom is 0.240 e. The molecule has 0 radical (unpaired) electrons. The van der Waals surface area contributed by atoms with Gasteiger partial charge in [-0.1, -0.05) is 6.07 Å². The van der Waals surface area contributed by atoms with Crippen LogP contribution in [0, 0.1) is 6.92 Å². The van der Waals surface area contributed by atoms with Gasteiger partial charge in [-0.15, -0.1) is 0 Å². The highest BCUT2D eigenvalue weighted by molar-refractivity contribution is 5.52. The molecule has 7 heteroatoms. The predicted octanol–water partition coefficient (Wildman–Crippen LogP) is 1.88. The van der Waals surface area contributed by atoms with E-state index in [4.69, 9.17) is 20.1 Å². The molecule has 0 atom stereocenters. The average Bonchev–Trinajstić information content (AvgIpc) is 2.46. The summed E-state index contributed by atoms with van der Waals surface area (Å²) in [5.41, 5.74) is 3.11. The van der Waals surface area contributed by atoms with Gasteiger partial charge in [0.1, 0.15) is 0 Å². The number of para-hydroxylation sites is 1. The van der Waals surface area contributed by atoms with E-state index in [1.165, 1.54) is 0 Å². The normalized spacial score (nSPS) is 10.0. The second-order valence-corrected chi connectivity index (χ2v) is 3.91. The van der Waals surface area contributed by atoms with Crippen molar-refractivity contribution in [3.63, 3.8) is 0 Å². The lowest BCUT2D eigenvalue weighted by atomic mass is 10.3. The van der Waals surface area contributed by atoms with Crippen LogP contribution in [0.25, 0.3) is 0 Å². The molecule has 2 rings (SSSR count). The first-order valence-corrected chi connectivity index (χ1v) is 5.89. The summed E-state index contributed by atoms with van der Waals surface area (Å²) in [5, 5.41) is 0.